The molecule has 0 saturated heterocycles. The highest BCUT2D eigenvalue weighted by Gasteiger charge is 2.29. The van der Waals surface area contributed by atoms with Gasteiger partial charge < -0.3 is 14.4 Å². The molecule has 1 heterocycles. The van der Waals surface area contributed by atoms with Crippen LogP contribution in [0.4, 0.5) is 0 Å². The van der Waals surface area contributed by atoms with Crippen LogP contribution in [0.25, 0.3) is 5.69 Å². The van der Waals surface area contributed by atoms with Crippen molar-refractivity contribution in [1.29, 1.82) is 0 Å². The minimum absolute atomic E-state index is 0.0290. The number of methoxy groups -OCH3 is 1. The van der Waals surface area contributed by atoms with E-state index in [0.717, 1.165) is 36.3 Å². The summed E-state index contributed by atoms with van der Waals surface area (Å²) < 4.78 is 13.2. The maximum atomic E-state index is 12.7. The fourth-order valence-electron chi connectivity index (χ4n) is 3.46. The number of para-hydroxylation sites is 1. The molecule has 31 heavy (non-hydrogen) atoms. The van der Waals surface area contributed by atoms with Crippen molar-refractivity contribution in [2.45, 2.75) is 26.3 Å². The number of hydrogen-bond acceptors (Lipinski definition) is 4. The molecule has 1 amide bonds. The number of amides is 1. The molecule has 1 saturated carbocycles. The van der Waals surface area contributed by atoms with Gasteiger partial charge in [0.1, 0.15) is 12.4 Å². The molecule has 2 aromatic carbocycles. The van der Waals surface area contributed by atoms with E-state index in [4.69, 9.17) is 26.2 Å². The fraction of sp³-hybridized carbons (Fsp3) is 0.333. The molecule has 162 valence electrons. The molecule has 7 heteroatoms. The summed E-state index contributed by atoms with van der Waals surface area (Å²) in [5, 5.41) is 5.38. The quantitative estimate of drug-likeness (QED) is 0.470. The predicted molar refractivity (Wildman–Crippen MR) is 120 cm³/mol. The van der Waals surface area contributed by atoms with Crippen molar-refractivity contribution in [2.24, 2.45) is 5.92 Å². The van der Waals surface area contributed by atoms with Gasteiger partial charge in [0.2, 0.25) is 11.8 Å². The standard InChI is InChI=1S/C24H26ClN3O3/c1-17-22(15-27(14-18-8-9-18)23(29)16-30-2)24(31-21-12-10-19(25)11-13-21)28(26-17)20-6-4-3-5-7-20/h3-7,10-13,18H,8-9,14-16H2,1-2H3. The molecule has 1 aromatic heterocycles. The summed E-state index contributed by atoms with van der Waals surface area (Å²) in [7, 11) is 1.54. The van der Waals surface area contributed by atoms with Crippen LogP contribution in [0.5, 0.6) is 11.6 Å². The highest BCUT2D eigenvalue weighted by atomic mass is 35.5. The van der Waals surface area contributed by atoms with Crippen molar-refractivity contribution in [3.8, 4) is 17.3 Å². The molecule has 0 N–H and O–H groups in total. The smallest absolute Gasteiger partial charge is 0.248 e. The number of carbonyl (C=O) groups is 1. The average molecular weight is 440 g/mol. The van der Waals surface area contributed by atoms with E-state index < -0.39 is 0 Å². The van der Waals surface area contributed by atoms with Crippen molar-refractivity contribution >= 4 is 17.5 Å². The molecule has 4 rings (SSSR count). The number of ether oxygens (including phenoxy) is 2. The zero-order valence-corrected chi connectivity index (χ0v) is 18.5. The number of halogens is 1. The van der Waals surface area contributed by atoms with E-state index in [2.05, 4.69) is 0 Å². The van der Waals surface area contributed by atoms with Crippen LogP contribution in [0, 0.1) is 12.8 Å². The second-order valence-corrected chi connectivity index (χ2v) is 8.26. The number of hydrogen-bond donors (Lipinski definition) is 0. The van der Waals surface area contributed by atoms with Crippen molar-refractivity contribution in [3.05, 3.63) is 70.9 Å². The Hall–Kier alpha value is -2.83. The van der Waals surface area contributed by atoms with Gasteiger partial charge in [-0.15, -0.1) is 0 Å². The minimum Gasteiger partial charge on any atom is -0.439 e. The zero-order chi connectivity index (χ0) is 21.8. The van der Waals surface area contributed by atoms with Gasteiger partial charge in [-0.2, -0.15) is 5.10 Å². The molecule has 1 aliphatic carbocycles. The monoisotopic (exact) mass is 439 g/mol. The SMILES string of the molecule is COCC(=O)N(Cc1c(C)nn(-c2ccccc2)c1Oc1ccc(Cl)cc1)CC1CC1. The second kappa shape index (κ2) is 9.54. The summed E-state index contributed by atoms with van der Waals surface area (Å²) in [4.78, 5) is 14.6. The Morgan fingerprint density at radius 1 is 1.16 bits per heavy atom. The molecule has 0 radical (unpaired) electrons. The van der Waals surface area contributed by atoms with Crippen LogP contribution < -0.4 is 4.74 Å². The lowest BCUT2D eigenvalue weighted by Gasteiger charge is -2.23. The summed E-state index contributed by atoms with van der Waals surface area (Å²) >= 11 is 6.04. The molecule has 0 bridgehead atoms. The lowest BCUT2D eigenvalue weighted by molar-refractivity contribution is -0.136. The van der Waals surface area contributed by atoms with E-state index in [1.165, 1.54) is 0 Å². The summed E-state index contributed by atoms with van der Waals surface area (Å²) in [6.45, 7) is 3.14. The number of nitrogens with zero attached hydrogens (tertiary/aromatic N) is 3. The van der Waals surface area contributed by atoms with E-state index in [1.807, 2.05) is 54.3 Å². The number of benzene rings is 2. The van der Waals surface area contributed by atoms with Crippen molar-refractivity contribution in [3.63, 3.8) is 0 Å². The molecule has 1 fully saturated rings. The van der Waals surface area contributed by atoms with Crippen LogP contribution in [0.2, 0.25) is 5.02 Å². The van der Waals surface area contributed by atoms with Crippen LogP contribution in [0.1, 0.15) is 24.1 Å². The van der Waals surface area contributed by atoms with Crippen molar-refractivity contribution in [2.75, 3.05) is 20.3 Å². The van der Waals surface area contributed by atoms with Gasteiger partial charge in [0.25, 0.3) is 0 Å². The van der Waals surface area contributed by atoms with Crippen LogP contribution >= 0.6 is 11.6 Å². The van der Waals surface area contributed by atoms with Gasteiger partial charge in [-0.25, -0.2) is 4.68 Å². The molecule has 0 spiro atoms. The molecule has 0 unspecified atom stereocenters. The third-order valence-electron chi connectivity index (χ3n) is 5.31. The summed E-state index contributed by atoms with van der Waals surface area (Å²) in [5.41, 5.74) is 2.58. The van der Waals surface area contributed by atoms with Crippen molar-refractivity contribution in [1.82, 2.24) is 14.7 Å². The van der Waals surface area contributed by atoms with Gasteiger partial charge >= 0.3 is 0 Å². The average Bonchev–Trinajstić information content (AvgIpc) is 3.54. The van der Waals surface area contributed by atoms with Gasteiger partial charge in [0, 0.05) is 18.7 Å². The Balaban J connectivity index is 1.72. The molecular formula is C24H26ClN3O3. The van der Waals surface area contributed by atoms with Crippen LogP contribution in [-0.4, -0.2) is 40.8 Å². The maximum Gasteiger partial charge on any atom is 0.248 e. The summed E-state index contributed by atoms with van der Waals surface area (Å²) in [6, 6.07) is 17.0. The highest BCUT2D eigenvalue weighted by molar-refractivity contribution is 6.30. The van der Waals surface area contributed by atoms with Gasteiger partial charge in [-0.05, 0) is 62.1 Å². The van der Waals surface area contributed by atoms with Gasteiger partial charge in [-0.3, -0.25) is 4.79 Å². The Labute approximate surface area is 187 Å². The zero-order valence-electron chi connectivity index (χ0n) is 17.8. The largest absolute Gasteiger partial charge is 0.439 e. The fourth-order valence-corrected chi connectivity index (χ4v) is 3.58. The lowest BCUT2D eigenvalue weighted by Crippen LogP contribution is -2.35. The topological polar surface area (TPSA) is 56.6 Å². The van der Waals surface area contributed by atoms with Crippen LogP contribution in [0.3, 0.4) is 0 Å². The maximum absolute atomic E-state index is 12.7. The normalized spacial score (nSPS) is 13.3. The van der Waals surface area contributed by atoms with E-state index in [0.29, 0.717) is 29.1 Å². The first-order chi connectivity index (χ1) is 15.0. The third kappa shape index (κ3) is 5.27. The number of aryl methyl sites for hydroxylation is 1. The number of rotatable bonds is 9. The number of aromatic nitrogens is 2. The van der Waals surface area contributed by atoms with Crippen LogP contribution in [0.15, 0.2) is 54.6 Å². The molecule has 3 aromatic rings. The van der Waals surface area contributed by atoms with Crippen LogP contribution in [-0.2, 0) is 16.1 Å². The first kappa shape index (κ1) is 21.4. The molecule has 6 nitrogen and oxygen atoms in total. The predicted octanol–water partition coefficient (Wildman–Crippen LogP) is 5.01. The Kier molecular flexibility index (Phi) is 6.59. The molecule has 0 aliphatic heterocycles. The minimum atomic E-state index is -0.0290. The third-order valence-corrected chi connectivity index (χ3v) is 5.56. The van der Waals surface area contributed by atoms with Gasteiger partial charge in [0.15, 0.2) is 0 Å². The Morgan fingerprint density at radius 3 is 2.52 bits per heavy atom. The Morgan fingerprint density at radius 2 is 1.87 bits per heavy atom. The molecule has 1 aliphatic rings. The second-order valence-electron chi connectivity index (χ2n) is 7.82. The highest BCUT2D eigenvalue weighted by Crippen LogP contribution is 2.34. The first-order valence-electron chi connectivity index (χ1n) is 10.4. The molecule has 0 atom stereocenters. The van der Waals surface area contributed by atoms with E-state index in [9.17, 15) is 4.79 Å². The van der Waals surface area contributed by atoms with E-state index in [1.54, 1.807) is 23.9 Å². The van der Waals surface area contributed by atoms with Gasteiger partial charge in [0.05, 0.1) is 23.5 Å². The van der Waals surface area contributed by atoms with Gasteiger partial charge in [-0.1, -0.05) is 29.8 Å². The summed E-state index contributed by atoms with van der Waals surface area (Å²) in [6.07, 6.45) is 2.32. The molecular weight excluding hydrogens is 414 g/mol. The summed E-state index contributed by atoms with van der Waals surface area (Å²) in [5.74, 6) is 1.78. The Bertz CT molecular complexity index is 1030. The lowest BCUT2D eigenvalue weighted by atomic mass is 10.2. The van der Waals surface area contributed by atoms with E-state index in [-0.39, 0.29) is 12.5 Å². The number of carbonyl (C=O) groups excluding carboxylic acids is 1. The van der Waals surface area contributed by atoms with Crippen molar-refractivity contribution < 1.29 is 14.3 Å². The van der Waals surface area contributed by atoms with E-state index >= 15 is 0 Å². The first-order valence-corrected chi connectivity index (χ1v) is 10.8.